The Labute approximate surface area is 155 Å². The third kappa shape index (κ3) is 8.27. The SMILES string of the molecule is COC(=O)CCN(CCOCCO)C(=O)/C=C/c1ccc(C(C)C)cc1. The molecular weight excluding hydrogens is 334 g/mol. The number of hydrogen-bond acceptors (Lipinski definition) is 5. The molecule has 0 aliphatic rings. The normalized spacial score (nSPS) is 11.1. The molecule has 6 heteroatoms. The number of nitrogens with zero attached hydrogens (tertiary/aromatic N) is 1. The van der Waals surface area contributed by atoms with Gasteiger partial charge < -0.3 is 19.5 Å². The molecular formula is C20H29NO5. The Hall–Kier alpha value is -2.18. The van der Waals surface area contributed by atoms with Crippen molar-refractivity contribution in [3.63, 3.8) is 0 Å². The molecule has 144 valence electrons. The van der Waals surface area contributed by atoms with E-state index in [4.69, 9.17) is 9.84 Å². The lowest BCUT2D eigenvalue weighted by atomic mass is 10.0. The predicted octanol–water partition coefficient (Wildman–Crippen LogP) is 2.22. The second kappa shape index (κ2) is 12.2. The van der Waals surface area contributed by atoms with Gasteiger partial charge in [-0.2, -0.15) is 0 Å². The van der Waals surface area contributed by atoms with Gasteiger partial charge in [-0.1, -0.05) is 38.1 Å². The molecule has 0 saturated carbocycles. The molecule has 0 atom stereocenters. The van der Waals surface area contributed by atoms with Crippen molar-refractivity contribution < 1.29 is 24.2 Å². The molecule has 6 nitrogen and oxygen atoms in total. The van der Waals surface area contributed by atoms with Crippen LogP contribution in [0.5, 0.6) is 0 Å². The molecule has 0 saturated heterocycles. The Morgan fingerprint density at radius 1 is 1.15 bits per heavy atom. The fraction of sp³-hybridized carbons (Fsp3) is 0.500. The van der Waals surface area contributed by atoms with Gasteiger partial charge in [0.2, 0.25) is 5.91 Å². The van der Waals surface area contributed by atoms with E-state index in [1.54, 1.807) is 6.08 Å². The van der Waals surface area contributed by atoms with Crippen molar-refractivity contribution in [2.75, 3.05) is 40.0 Å². The van der Waals surface area contributed by atoms with Crippen molar-refractivity contribution in [3.05, 3.63) is 41.5 Å². The highest BCUT2D eigenvalue weighted by molar-refractivity contribution is 5.92. The number of carbonyl (C=O) groups is 2. The maximum Gasteiger partial charge on any atom is 0.307 e. The number of aliphatic hydroxyl groups excluding tert-OH is 1. The second-order valence-corrected chi connectivity index (χ2v) is 6.14. The number of ether oxygens (including phenoxy) is 2. The van der Waals surface area contributed by atoms with Crippen LogP contribution in [0.3, 0.4) is 0 Å². The summed E-state index contributed by atoms with van der Waals surface area (Å²) in [7, 11) is 1.32. The first-order valence-electron chi connectivity index (χ1n) is 8.80. The Morgan fingerprint density at radius 3 is 2.42 bits per heavy atom. The minimum absolute atomic E-state index is 0.0671. The highest BCUT2D eigenvalue weighted by atomic mass is 16.5. The van der Waals surface area contributed by atoms with Gasteiger partial charge in [-0.05, 0) is 23.1 Å². The van der Waals surface area contributed by atoms with E-state index in [0.717, 1.165) is 5.56 Å². The minimum Gasteiger partial charge on any atom is -0.469 e. The quantitative estimate of drug-likeness (QED) is 0.371. The first-order chi connectivity index (χ1) is 12.5. The summed E-state index contributed by atoms with van der Waals surface area (Å²) < 4.78 is 9.83. The summed E-state index contributed by atoms with van der Waals surface area (Å²) in [5.41, 5.74) is 2.18. The zero-order chi connectivity index (χ0) is 19.4. The topological polar surface area (TPSA) is 76.1 Å². The number of rotatable bonds is 11. The summed E-state index contributed by atoms with van der Waals surface area (Å²) >= 11 is 0. The van der Waals surface area contributed by atoms with E-state index in [0.29, 0.717) is 19.1 Å². The van der Waals surface area contributed by atoms with Gasteiger partial charge >= 0.3 is 5.97 Å². The van der Waals surface area contributed by atoms with Crippen LogP contribution in [0.1, 0.15) is 37.3 Å². The number of amides is 1. The van der Waals surface area contributed by atoms with Crippen LogP contribution in [0.15, 0.2) is 30.3 Å². The molecule has 0 aliphatic heterocycles. The van der Waals surface area contributed by atoms with Gasteiger partial charge in [-0.15, -0.1) is 0 Å². The largest absolute Gasteiger partial charge is 0.469 e. The molecule has 1 N–H and O–H groups in total. The summed E-state index contributed by atoms with van der Waals surface area (Å²) in [5, 5.41) is 8.73. The molecule has 0 aromatic heterocycles. The van der Waals surface area contributed by atoms with E-state index in [1.807, 2.05) is 24.3 Å². The summed E-state index contributed by atoms with van der Waals surface area (Å²) in [6, 6.07) is 8.05. The van der Waals surface area contributed by atoms with Gasteiger partial charge in [0.15, 0.2) is 0 Å². The van der Waals surface area contributed by atoms with Gasteiger partial charge in [0.05, 0.1) is 33.4 Å². The van der Waals surface area contributed by atoms with E-state index in [2.05, 4.69) is 18.6 Å². The Bertz CT molecular complexity index is 580. The Morgan fingerprint density at radius 2 is 1.85 bits per heavy atom. The van der Waals surface area contributed by atoms with Gasteiger partial charge in [-0.3, -0.25) is 9.59 Å². The number of aliphatic hydroxyl groups is 1. The van der Waals surface area contributed by atoms with E-state index >= 15 is 0 Å². The van der Waals surface area contributed by atoms with Crippen molar-refractivity contribution in [1.29, 1.82) is 0 Å². The zero-order valence-corrected chi connectivity index (χ0v) is 15.8. The summed E-state index contributed by atoms with van der Waals surface area (Å²) in [4.78, 5) is 25.3. The molecule has 1 aromatic carbocycles. The van der Waals surface area contributed by atoms with Crippen molar-refractivity contribution in [3.8, 4) is 0 Å². The first kappa shape index (κ1) is 21.9. The highest BCUT2D eigenvalue weighted by Gasteiger charge is 2.13. The lowest BCUT2D eigenvalue weighted by molar-refractivity contribution is -0.141. The van der Waals surface area contributed by atoms with Crippen LogP contribution in [-0.4, -0.2) is 61.9 Å². The van der Waals surface area contributed by atoms with E-state index in [1.165, 1.54) is 23.6 Å². The molecule has 0 spiro atoms. The fourth-order valence-electron chi connectivity index (χ4n) is 2.27. The number of esters is 1. The van der Waals surface area contributed by atoms with Crippen LogP contribution in [-0.2, 0) is 19.1 Å². The molecule has 1 amide bonds. The van der Waals surface area contributed by atoms with Crippen molar-refractivity contribution >= 4 is 18.0 Å². The van der Waals surface area contributed by atoms with Crippen molar-refractivity contribution in [2.24, 2.45) is 0 Å². The molecule has 0 heterocycles. The van der Waals surface area contributed by atoms with Gasteiger partial charge in [0.25, 0.3) is 0 Å². The predicted molar refractivity (Wildman–Crippen MR) is 101 cm³/mol. The van der Waals surface area contributed by atoms with Gasteiger partial charge in [-0.25, -0.2) is 0 Å². The maximum atomic E-state index is 12.4. The number of hydrogen-bond donors (Lipinski definition) is 1. The monoisotopic (exact) mass is 363 g/mol. The zero-order valence-electron chi connectivity index (χ0n) is 15.8. The Balaban J connectivity index is 2.67. The van der Waals surface area contributed by atoms with E-state index in [-0.39, 0.29) is 38.1 Å². The average molecular weight is 363 g/mol. The molecule has 1 rings (SSSR count). The third-order valence-corrected chi connectivity index (χ3v) is 3.89. The fourth-order valence-corrected chi connectivity index (χ4v) is 2.27. The second-order valence-electron chi connectivity index (χ2n) is 6.14. The molecule has 0 unspecified atom stereocenters. The molecule has 0 radical (unpaired) electrons. The highest BCUT2D eigenvalue weighted by Crippen LogP contribution is 2.15. The summed E-state index contributed by atoms with van der Waals surface area (Å²) in [6.07, 6.45) is 3.37. The smallest absolute Gasteiger partial charge is 0.307 e. The number of benzene rings is 1. The number of carbonyl (C=O) groups excluding carboxylic acids is 2. The summed E-state index contributed by atoms with van der Waals surface area (Å²) in [5.74, 6) is -0.107. The van der Waals surface area contributed by atoms with E-state index in [9.17, 15) is 9.59 Å². The number of methoxy groups -OCH3 is 1. The van der Waals surface area contributed by atoms with Crippen LogP contribution in [0.2, 0.25) is 0 Å². The third-order valence-electron chi connectivity index (χ3n) is 3.89. The van der Waals surface area contributed by atoms with Crippen LogP contribution in [0.4, 0.5) is 0 Å². The molecule has 1 aromatic rings. The molecule has 0 aliphatic carbocycles. The van der Waals surface area contributed by atoms with Crippen LogP contribution >= 0.6 is 0 Å². The van der Waals surface area contributed by atoms with Gasteiger partial charge in [0, 0.05) is 19.2 Å². The van der Waals surface area contributed by atoms with Crippen LogP contribution < -0.4 is 0 Å². The van der Waals surface area contributed by atoms with E-state index < -0.39 is 0 Å². The van der Waals surface area contributed by atoms with Gasteiger partial charge in [0.1, 0.15) is 0 Å². The van der Waals surface area contributed by atoms with Crippen LogP contribution in [0, 0.1) is 0 Å². The Kier molecular flexibility index (Phi) is 10.3. The molecule has 0 bridgehead atoms. The molecule has 0 fully saturated rings. The first-order valence-corrected chi connectivity index (χ1v) is 8.80. The minimum atomic E-state index is -0.368. The van der Waals surface area contributed by atoms with Crippen molar-refractivity contribution in [1.82, 2.24) is 4.90 Å². The lowest BCUT2D eigenvalue weighted by Crippen LogP contribution is -2.35. The van der Waals surface area contributed by atoms with Crippen molar-refractivity contribution in [2.45, 2.75) is 26.2 Å². The van der Waals surface area contributed by atoms with Crippen LogP contribution in [0.25, 0.3) is 6.08 Å². The standard InChI is InChI=1S/C20H29NO5/c1-16(2)18-7-4-17(5-8-18)6-9-19(23)21(11-10-20(24)25-3)12-14-26-15-13-22/h4-9,16,22H,10-15H2,1-3H3/b9-6+. The lowest BCUT2D eigenvalue weighted by Gasteiger charge is -2.20. The summed E-state index contributed by atoms with van der Waals surface area (Å²) in [6.45, 7) is 5.31. The maximum absolute atomic E-state index is 12.4. The average Bonchev–Trinajstić information content (AvgIpc) is 2.65. The molecule has 26 heavy (non-hydrogen) atoms.